The molecule has 4 rings (SSSR count). The second kappa shape index (κ2) is 11.1. The Morgan fingerprint density at radius 1 is 0.581 bits per heavy atom. The van der Waals surface area contributed by atoms with Gasteiger partial charge in [-0.25, -0.2) is 0 Å². The summed E-state index contributed by atoms with van der Waals surface area (Å²) in [6.45, 7) is 0. The fourth-order valence-electron chi connectivity index (χ4n) is 4.08. The fourth-order valence-corrected chi connectivity index (χ4v) is 4.08. The summed E-state index contributed by atoms with van der Waals surface area (Å²) in [6, 6.07) is 13.4. The Bertz CT molecular complexity index is 1740. The molecule has 0 fully saturated rings. The van der Waals surface area contributed by atoms with Crippen LogP contribution in [0, 0.1) is 42.9 Å². The second-order valence-electron chi connectivity index (χ2n) is 8.72. The highest BCUT2D eigenvalue weighted by Gasteiger charge is 2.33. The van der Waals surface area contributed by atoms with Crippen molar-refractivity contribution in [3.63, 3.8) is 0 Å². The number of nitrogens with zero attached hydrogens (tertiary/aromatic N) is 4. The lowest BCUT2D eigenvalue weighted by molar-refractivity contribution is -0.385. The lowest BCUT2D eigenvalue weighted by atomic mass is 9.96. The quantitative estimate of drug-likeness (QED) is 0.123. The molecule has 15 heteroatoms. The summed E-state index contributed by atoms with van der Waals surface area (Å²) in [7, 11) is 0. The van der Waals surface area contributed by atoms with Crippen LogP contribution in [0.25, 0.3) is 22.3 Å². The molecule has 0 bridgehead atoms. The molecule has 0 radical (unpaired) electrons. The van der Waals surface area contributed by atoms with E-state index in [9.17, 15) is 57.1 Å². The van der Waals surface area contributed by atoms with Crippen molar-refractivity contribution in [1.82, 2.24) is 0 Å². The van der Waals surface area contributed by atoms with Crippen LogP contribution < -0.4 is 4.74 Å². The first-order chi connectivity index (χ1) is 20.1. The first-order valence-electron chi connectivity index (χ1n) is 11.6. The highest BCUT2D eigenvalue weighted by molar-refractivity contribution is 5.81. The molecule has 0 unspecified atom stereocenters. The van der Waals surface area contributed by atoms with Gasteiger partial charge in [-0.05, 0) is 36.4 Å². The van der Waals surface area contributed by atoms with Crippen molar-refractivity contribution in [2.45, 2.75) is 12.4 Å². The number of hydrogen-bond donors (Lipinski definition) is 0. The number of non-ortho nitro benzene ring substituents is 2. The summed E-state index contributed by atoms with van der Waals surface area (Å²) in [5.74, 6) is -0.523. The zero-order valence-corrected chi connectivity index (χ0v) is 21.0. The maximum atomic E-state index is 13.3. The van der Waals surface area contributed by atoms with Crippen LogP contribution in [0.3, 0.4) is 0 Å². The molecule has 4 aromatic rings. The van der Waals surface area contributed by atoms with Gasteiger partial charge in [0.05, 0.1) is 44.2 Å². The van der Waals surface area contributed by atoms with Gasteiger partial charge in [0.25, 0.3) is 11.4 Å². The summed E-state index contributed by atoms with van der Waals surface area (Å²) in [5, 5.41) is 42.1. The third kappa shape index (κ3) is 6.20. The minimum Gasteiger partial charge on any atom is -0.456 e. The number of ether oxygens (including phenoxy) is 1. The summed E-state index contributed by atoms with van der Waals surface area (Å²) < 4.78 is 85.5. The van der Waals surface area contributed by atoms with Gasteiger partial charge in [0.15, 0.2) is 0 Å². The number of nitro groups is 2. The minimum absolute atomic E-state index is 0.190. The predicted molar refractivity (Wildman–Crippen MR) is 137 cm³/mol. The molecule has 0 N–H and O–H groups in total. The Hall–Kier alpha value is -5.96. The van der Waals surface area contributed by atoms with Crippen LogP contribution in [0.15, 0.2) is 72.8 Å². The number of benzene rings is 4. The fraction of sp³-hybridized carbons (Fsp3) is 0.0714. The molecular formula is C28H12F6N4O5. The van der Waals surface area contributed by atoms with Crippen LogP contribution in [0.1, 0.15) is 22.3 Å². The smallest absolute Gasteiger partial charge is 0.416 e. The monoisotopic (exact) mass is 598 g/mol. The zero-order chi connectivity index (χ0) is 31.7. The maximum absolute atomic E-state index is 13.3. The molecule has 9 nitrogen and oxygen atoms in total. The average molecular weight is 598 g/mol. The third-order valence-electron chi connectivity index (χ3n) is 6.08. The van der Waals surface area contributed by atoms with Crippen molar-refractivity contribution >= 4 is 11.4 Å². The zero-order valence-electron chi connectivity index (χ0n) is 21.0. The number of rotatable bonds is 6. The van der Waals surface area contributed by atoms with Crippen LogP contribution in [-0.4, -0.2) is 9.85 Å². The predicted octanol–water partition coefficient (Wildman–Crippen LogP) is 8.41. The molecule has 0 aliphatic carbocycles. The SMILES string of the molecule is N#Cc1cc(C(F)(F)F)ccc1-c1cc([N+](=O)[O-])ccc1Oc1ccc([N+](=O)[O-])cc1-c1ccc(C(F)(F)F)cc1C#N. The van der Waals surface area contributed by atoms with Crippen LogP contribution in [0.5, 0.6) is 11.5 Å². The van der Waals surface area contributed by atoms with Gasteiger partial charge in [0.1, 0.15) is 11.5 Å². The van der Waals surface area contributed by atoms with E-state index in [0.717, 1.165) is 48.5 Å². The van der Waals surface area contributed by atoms with Crippen molar-refractivity contribution in [3.8, 4) is 45.9 Å². The van der Waals surface area contributed by atoms with Gasteiger partial charge >= 0.3 is 12.4 Å². The summed E-state index contributed by atoms with van der Waals surface area (Å²) in [5.41, 5.74) is -5.20. The molecule has 0 aromatic heterocycles. The van der Waals surface area contributed by atoms with Gasteiger partial charge in [-0.1, -0.05) is 12.1 Å². The van der Waals surface area contributed by atoms with E-state index in [1.165, 1.54) is 0 Å². The van der Waals surface area contributed by atoms with Gasteiger partial charge in [-0.3, -0.25) is 20.2 Å². The highest BCUT2D eigenvalue weighted by Crippen LogP contribution is 2.44. The standard InChI is InChI=1S/C28H12F6N4O5/c29-27(30,31)17-1-5-21(15(9-17)13-35)23-11-19(37(39)40)3-7-25(23)43-26-8-4-20(38(41)42)12-24(26)22-6-2-18(28(32,33)34)10-16(22)14-36/h1-12H. The number of halogens is 6. The minimum atomic E-state index is -4.81. The summed E-state index contributed by atoms with van der Waals surface area (Å²) >= 11 is 0. The van der Waals surface area contributed by atoms with Crippen molar-refractivity contribution in [2.75, 3.05) is 0 Å². The molecule has 43 heavy (non-hydrogen) atoms. The molecule has 0 aliphatic heterocycles. The molecule has 216 valence electrons. The van der Waals surface area contributed by atoms with Crippen molar-refractivity contribution in [2.24, 2.45) is 0 Å². The summed E-state index contributed by atoms with van der Waals surface area (Å²) in [4.78, 5) is 21.4. The number of alkyl halides is 6. The van der Waals surface area contributed by atoms with Crippen molar-refractivity contribution < 1.29 is 40.9 Å². The van der Waals surface area contributed by atoms with Crippen LogP contribution >= 0.6 is 0 Å². The average Bonchev–Trinajstić information content (AvgIpc) is 2.95. The van der Waals surface area contributed by atoms with E-state index in [1.807, 2.05) is 0 Å². The van der Waals surface area contributed by atoms with E-state index in [1.54, 1.807) is 12.1 Å². The Balaban J connectivity index is 1.95. The molecule has 4 aromatic carbocycles. The van der Waals surface area contributed by atoms with E-state index in [-0.39, 0.29) is 33.8 Å². The lowest BCUT2D eigenvalue weighted by Crippen LogP contribution is -2.06. The largest absolute Gasteiger partial charge is 0.456 e. The van der Waals surface area contributed by atoms with Crippen LogP contribution in [0.2, 0.25) is 0 Å². The Morgan fingerprint density at radius 2 is 0.953 bits per heavy atom. The number of hydrogen-bond acceptors (Lipinski definition) is 7. The lowest BCUT2D eigenvalue weighted by Gasteiger charge is -2.17. The molecule has 0 aliphatic rings. The van der Waals surface area contributed by atoms with E-state index in [4.69, 9.17) is 4.74 Å². The molecular weight excluding hydrogens is 586 g/mol. The van der Waals surface area contributed by atoms with Gasteiger partial charge < -0.3 is 4.74 Å². The maximum Gasteiger partial charge on any atom is 0.416 e. The normalized spacial score (nSPS) is 11.3. The molecule has 0 amide bonds. The van der Waals surface area contributed by atoms with E-state index in [0.29, 0.717) is 24.3 Å². The van der Waals surface area contributed by atoms with Crippen LogP contribution in [0.4, 0.5) is 37.7 Å². The topological polar surface area (TPSA) is 143 Å². The molecule has 0 saturated heterocycles. The Morgan fingerprint density at radius 3 is 1.26 bits per heavy atom. The third-order valence-corrected chi connectivity index (χ3v) is 6.08. The summed E-state index contributed by atoms with van der Waals surface area (Å²) in [6.07, 6.45) is -9.61. The molecule has 0 atom stereocenters. The Labute approximate surface area is 236 Å². The number of nitriles is 2. The van der Waals surface area contributed by atoms with E-state index < -0.39 is 55.8 Å². The first-order valence-corrected chi connectivity index (χ1v) is 11.6. The van der Waals surface area contributed by atoms with E-state index in [2.05, 4.69) is 0 Å². The molecule has 0 saturated carbocycles. The van der Waals surface area contributed by atoms with Gasteiger partial charge in [0.2, 0.25) is 0 Å². The first kappa shape index (κ1) is 30.0. The van der Waals surface area contributed by atoms with Gasteiger partial charge in [0, 0.05) is 46.5 Å². The number of nitro benzene ring substituents is 2. The highest BCUT2D eigenvalue weighted by atomic mass is 19.4. The molecule has 0 spiro atoms. The van der Waals surface area contributed by atoms with E-state index >= 15 is 0 Å². The van der Waals surface area contributed by atoms with Gasteiger partial charge in [-0.2, -0.15) is 36.9 Å². The van der Waals surface area contributed by atoms with Gasteiger partial charge in [-0.15, -0.1) is 0 Å². The van der Waals surface area contributed by atoms with Crippen molar-refractivity contribution in [3.05, 3.63) is 115 Å². The second-order valence-corrected chi connectivity index (χ2v) is 8.72. The molecule has 0 heterocycles. The Kier molecular flexibility index (Phi) is 7.77. The van der Waals surface area contributed by atoms with Crippen LogP contribution in [-0.2, 0) is 12.4 Å². The van der Waals surface area contributed by atoms with Crippen molar-refractivity contribution in [1.29, 1.82) is 10.5 Å².